The lowest BCUT2D eigenvalue weighted by Gasteiger charge is -2.32. The number of phenols is 2. The highest BCUT2D eigenvalue weighted by Crippen LogP contribution is 2.51. The van der Waals surface area contributed by atoms with Crippen LogP contribution in [0.25, 0.3) is 21.5 Å². The standard InChI is InChI=1S/C28H18O4/c29-25-14-6-10-18-20(25)11-5-13-22(18)28(23-12-4-3-9-21(23)27(31)32-28)24-15-16-26(30)19-8-2-1-7-17(19)24/h1-16,29-30H/t28-/m1/s1. The van der Waals surface area contributed by atoms with E-state index in [4.69, 9.17) is 4.74 Å². The molecule has 1 aliphatic heterocycles. The summed E-state index contributed by atoms with van der Waals surface area (Å²) in [6.07, 6.45) is 0. The van der Waals surface area contributed by atoms with E-state index in [2.05, 4.69) is 0 Å². The molecule has 1 heterocycles. The minimum Gasteiger partial charge on any atom is -0.507 e. The van der Waals surface area contributed by atoms with Gasteiger partial charge in [-0.15, -0.1) is 0 Å². The van der Waals surface area contributed by atoms with Crippen molar-refractivity contribution in [3.63, 3.8) is 0 Å². The van der Waals surface area contributed by atoms with Crippen LogP contribution >= 0.6 is 0 Å². The Hall–Kier alpha value is -4.31. The van der Waals surface area contributed by atoms with Gasteiger partial charge in [0.05, 0.1) is 5.56 Å². The second-order valence-electron chi connectivity index (χ2n) is 7.97. The first kappa shape index (κ1) is 18.5. The number of benzene rings is 5. The average molecular weight is 418 g/mol. The molecular formula is C28H18O4. The zero-order chi connectivity index (χ0) is 21.9. The lowest BCUT2D eigenvalue weighted by atomic mass is 9.76. The van der Waals surface area contributed by atoms with Crippen molar-refractivity contribution in [2.24, 2.45) is 0 Å². The fourth-order valence-electron chi connectivity index (χ4n) is 4.95. The molecule has 5 aromatic carbocycles. The summed E-state index contributed by atoms with van der Waals surface area (Å²) in [6, 6.07) is 29.3. The van der Waals surface area contributed by atoms with Crippen LogP contribution < -0.4 is 0 Å². The van der Waals surface area contributed by atoms with Crippen LogP contribution in [0.2, 0.25) is 0 Å². The van der Waals surface area contributed by atoms with Gasteiger partial charge in [-0.3, -0.25) is 0 Å². The van der Waals surface area contributed by atoms with Crippen molar-refractivity contribution in [3.05, 3.63) is 119 Å². The van der Waals surface area contributed by atoms with E-state index in [1.807, 2.05) is 72.8 Å². The van der Waals surface area contributed by atoms with Crippen LogP contribution in [0.1, 0.15) is 27.0 Å². The highest BCUT2D eigenvalue weighted by Gasteiger charge is 2.50. The van der Waals surface area contributed by atoms with Crippen LogP contribution in [0.4, 0.5) is 0 Å². The summed E-state index contributed by atoms with van der Waals surface area (Å²) in [5.41, 5.74) is 1.49. The topological polar surface area (TPSA) is 66.8 Å². The van der Waals surface area contributed by atoms with Gasteiger partial charge in [0.2, 0.25) is 0 Å². The van der Waals surface area contributed by atoms with E-state index in [1.54, 1.807) is 24.3 Å². The fourth-order valence-corrected chi connectivity index (χ4v) is 4.95. The van der Waals surface area contributed by atoms with Gasteiger partial charge in [-0.05, 0) is 35.0 Å². The third kappa shape index (κ3) is 2.35. The third-order valence-electron chi connectivity index (χ3n) is 6.33. The number of aromatic hydroxyl groups is 2. The Kier molecular flexibility index (Phi) is 3.80. The van der Waals surface area contributed by atoms with Crippen LogP contribution in [0.5, 0.6) is 11.5 Å². The Labute approximate surface area is 183 Å². The van der Waals surface area contributed by atoms with Crippen molar-refractivity contribution in [2.45, 2.75) is 5.60 Å². The molecule has 1 atom stereocenters. The van der Waals surface area contributed by atoms with E-state index >= 15 is 0 Å². The number of fused-ring (bicyclic) bond motifs is 3. The van der Waals surface area contributed by atoms with E-state index in [-0.39, 0.29) is 11.5 Å². The maximum atomic E-state index is 13.1. The van der Waals surface area contributed by atoms with Crippen LogP contribution in [0.15, 0.2) is 97.1 Å². The number of ether oxygens (including phenoxy) is 1. The molecule has 0 bridgehead atoms. The fraction of sp³-hybridized carbons (Fsp3) is 0.0357. The van der Waals surface area contributed by atoms with Gasteiger partial charge < -0.3 is 14.9 Å². The quantitative estimate of drug-likeness (QED) is 0.352. The molecule has 32 heavy (non-hydrogen) atoms. The van der Waals surface area contributed by atoms with Crippen molar-refractivity contribution in [1.82, 2.24) is 0 Å². The van der Waals surface area contributed by atoms with Crippen molar-refractivity contribution in [1.29, 1.82) is 0 Å². The highest BCUT2D eigenvalue weighted by molar-refractivity contribution is 6.02. The molecule has 0 fully saturated rings. The lowest BCUT2D eigenvalue weighted by molar-refractivity contribution is 0.0260. The smallest absolute Gasteiger partial charge is 0.340 e. The third-order valence-corrected chi connectivity index (χ3v) is 6.33. The van der Waals surface area contributed by atoms with E-state index < -0.39 is 11.6 Å². The molecule has 0 radical (unpaired) electrons. The first-order chi connectivity index (χ1) is 15.6. The summed E-state index contributed by atoms with van der Waals surface area (Å²) in [5.74, 6) is -0.0877. The summed E-state index contributed by atoms with van der Waals surface area (Å²) in [7, 11) is 0. The monoisotopic (exact) mass is 418 g/mol. The molecular weight excluding hydrogens is 400 g/mol. The molecule has 0 saturated heterocycles. The van der Waals surface area contributed by atoms with Gasteiger partial charge in [-0.2, -0.15) is 0 Å². The molecule has 0 aromatic heterocycles. The van der Waals surface area contributed by atoms with Crippen molar-refractivity contribution in [2.75, 3.05) is 0 Å². The van der Waals surface area contributed by atoms with Gasteiger partial charge in [-0.1, -0.05) is 72.8 Å². The van der Waals surface area contributed by atoms with Gasteiger partial charge in [0.15, 0.2) is 5.60 Å². The first-order valence-electron chi connectivity index (χ1n) is 10.4. The Balaban J connectivity index is 1.82. The van der Waals surface area contributed by atoms with Crippen LogP contribution in [0, 0.1) is 0 Å². The number of esters is 1. The first-order valence-corrected chi connectivity index (χ1v) is 10.4. The number of carbonyl (C=O) groups is 1. The molecule has 4 nitrogen and oxygen atoms in total. The molecule has 4 heteroatoms. The number of cyclic esters (lactones) is 1. The minimum absolute atomic E-state index is 0.160. The lowest BCUT2D eigenvalue weighted by Crippen LogP contribution is -2.30. The molecule has 6 rings (SSSR count). The van der Waals surface area contributed by atoms with Gasteiger partial charge in [0, 0.05) is 27.5 Å². The second-order valence-corrected chi connectivity index (χ2v) is 7.97. The van der Waals surface area contributed by atoms with Gasteiger partial charge in [-0.25, -0.2) is 4.79 Å². The predicted molar refractivity (Wildman–Crippen MR) is 123 cm³/mol. The van der Waals surface area contributed by atoms with Crippen LogP contribution in [-0.4, -0.2) is 16.2 Å². The van der Waals surface area contributed by atoms with Crippen molar-refractivity contribution in [3.8, 4) is 11.5 Å². The average Bonchev–Trinajstić information content (AvgIpc) is 3.13. The summed E-state index contributed by atoms with van der Waals surface area (Å²) in [6.45, 7) is 0. The molecule has 0 unspecified atom stereocenters. The Morgan fingerprint density at radius 3 is 1.88 bits per heavy atom. The minimum atomic E-state index is -1.24. The maximum absolute atomic E-state index is 13.1. The number of rotatable bonds is 2. The SMILES string of the molecule is O=C1O[C@@](c2cccc3c(O)cccc23)(c2ccc(O)c3ccccc23)c2ccccc21. The van der Waals surface area contributed by atoms with E-state index in [1.165, 1.54) is 0 Å². The normalized spacial score (nSPS) is 17.4. The largest absolute Gasteiger partial charge is 0.507 e. The Bertz CT molecular complexity index is 1510. The van der Waals surface area contributed by atoms with Crippen molar-refractivity contribution >= 4 is 27.5 Å². The van der Waals surface area contributed by atoms with E-state index in [9.17, 15) is 15.0 Å². The van der Waals surface area contributed by atoms with E-state index in [0.29, 0.717) is 16.3 Å². The Morgan fingerprint density at radius 2 is 1.06 bits per heavy atom. The summed E-state index contributed by atoms with van der Waals surface area (Å²) >= 11 is 0. The van der Waals surface area contributed by atoms with Crippen LogP contribution in [0.3, 0.4) is 0 Å². The molecule has 0 aliphatic carbocycles. The maximum Gasteiger partial charge on any atom is 0.340 e. The second kappa shape index (κ2) is 6.59. The summed E-state index contributed by atoms with van der Waals surface area (Å²) in [4.78, 5) is 13.1. The number of hydrogen-bond donors (Lipinski definition) is 2. The molecule has 1 aliphatic rings. The molecule has 5 aromatic rings. The molecule has 0 saturated carbocycles. The highest BCUT2D eigenvalue weighted by atomic mass is 16.6. The van der Waals surface area contributed by atoms with Gasteiger partial charge in [0.1, 0.15) is 11.5 Å². The molecule has 0 spiro atoms. The molecule has 154 valence electrons. The summed E-state index contributed by atoms with van der Waals surface area (Å²) in [5, 5.41) is 23.9. The zero-order valence-electron chi connectivity index (χ0n) is 16.9. The number of hydrogen-bond acceptors (Lipinski definition) is 4. The number of phenolic OH excluding ortho intramolecular Hbond substituents is 2. The molecule has 2 N–H and O–H groups in total. The van der Waals surface area contributed by atoms with Crippen molar-refractivity contribution < 1.29 is 19.7 Å². The zero-order valence-corrected chi connectivity index (χ0v) is 16.9. The predicted octanol–water partition coefficient (Wildman–Crippen LogP) is 5.87. The molecule has 0 amide bonds. The van der Waals surface area contributed by atoms with Gasteiger partial charge >= 0.3 is 5.97 Å². The van der Waals surface area contributed by atoms with E-state index in [0.717, 1.165) is 27.5 Å². The Morgan fingerprint density at radius 1 is 0.531 bits per heavy atom. The number of carbonyl (C=O) groups excluding carboxylic acids is 1. The van der Waals surface area contributed by atoms with Gasteiger partial charge in [0.25, 0.3) is 0 Å². The van der Waals surface area contributed by atoms with Crippen LogP contribution in [-0.2, 0) is 10.3 Å². The summed E-state index contributed by atoms with van der Waals surface area (Å²) < 4.78 is 6.29.